The lowest BCUT2D eigenvalue weighted by atomic mass is 10.1. The molecule has 0 spiro atoms. The van der Waals surface area contributed by atoms with Gasteiger partial charge in [-0.1, -0.05) is 32.6 Å². The molecule has 2 fully saturated rings. The molecule has 1 N–H and O–H groups in total. The van der Waals surface area contributed by atoms with E-state index in [4.69, 9.17) is 0 Å². The molecule has 1 aliphatic heterocycles. The number of hydrogen-bond acceptors (Lipinski definition) is 3. The number of nitrogens with one attached hydrogen (secondary N) is 1. The quantitative estimate of drug-likeness (QED) is 0.892. The van der Waals surface area contributed by atoms with E-state index in [-0.39, 0.29) is 12.2 Å². The number of aryl methyl sites for hydroxylation is 1. The molecule has 2 heterocycles. The normalized spacial score (nSPS) is 27.0. The second-order valence-corrected chi connectivity index (χ2v) is 7.72. The fourth-order valence-corrected chi connectivity index (χ4v) is 4.59. The van der Waals surface area contributed by atoms with Crippen LogP contribution in [0.1, 0.15) is 67.8 Å². The fraction of sp³-hybridized carbons (Fsp3) is 0.706. The lowest BCUT2D eigenvalue weighted by Crippen LogP contribution is -2.38. The zero-order chi connectivity index (χ0) is 14.8. The number of carbonyl (C=O) groups is 1. The summed E-state index contributed by atoms with van der Waals surface area (Å²) in [5, 5.41) is 3.62. The van der Waals surface area contributed by atoms with Crippen LogP contribution in [0.5, 0.6) is 0 Å². The van der Waals surface area contributed by atoms with Crippen LogP contribution in [0.15, 0.2) is 12.1 Å². The number of amides is 1. The van der Waals surface area contributed by atoms with Crippen molar-refractivity contribution in [3.05, 3.63) is 21.9 Å². The van der Waals surface area contributed by atoms with Crippen molar-refractivity contribution in [1.29, 1.82) is 0 Å². The highest BCUT2D eigenvalue weighted by Crippen LogP contribution is 2.37. The van der Waals surface area contributed by atoms with Crippen LogP contribution in [-0.4, -0.2) is 22.9 Å². The van der Waals surface area contributed by atoms with E-state index in [9.17, 15) is 4.79 Å². The summed E-state index contributed by atoms with van der Waals surface area (Å²) < 4.78 is 0. The van der Waals surface area contributed by atoms with Gasteiger partial charge in [0.15, 0.2) is 0 Å². The molecular weight excluding hydrogens is 280 g/mol. The van der Waals surface area contributed by atoms with Crippen molar-refractivity contribution in [1.82, 2.24) is 10.2 Å². The van der Waals surface area contributed by atoms with Gasteiger partial charge in [0.25, 0.3) is 0 Å². The van der Waals surface area contributed by atoms with Crippen LogP contribution in [0.25, 0.3) is 0 Å². The van der Waals surface area contributed by atoms with Gasteiger partial charge < -0.3 is 4.90 Å². The Labute approximate surface area is 131 Å². The molecule has 1 saturated heterocycles. The van der Waals surface area contributed by atoms with Crippen LogP contribution in [0.4, 0.5) is 0 Å². The Morgan fingerprint density at radius 2 is 2.10 bits per heavy atom. The zero-order valence-corrected chi connectivity index (χ0v) is 13.9. The molecule has 1 saturated carbocycles. The van der Waals surface area contributed by atoms with E-state index in [1.165, 1.54) is 35.4 Å². The molecular formula is C17H26N2OS. The van der Waals surface area contributed by atoms with E-state index >= 15 is 0 Å². The molecule has 21 heavy (non-hydrogen) atoms. The molecule has 0 aromatic carbocycles. The molecule has 2 aliphatic rings. The maximum Gasteiger partial charge on any atom is 0.241 e. The summed E-state index contributed by atoms with van der Waals surface area (Å²) in [6.07, 6.45) is 8.24. The van der Waals surface area contributed by atoms with Gasteiger partial charge in [0, 0.05) is 15.8 Å². The topological polar surface area (TPSA) is 32.3 Å². The van der Waals surface area contributed by atoms with Crippen molar-refractivity contribution in [3.8, 4) is 0 Å². The molecule has 116 valence electrons. The van der Waals surface area contributed by atoms with Crippen molar-refractivity contribution in [2.75, 3.05) is 0 Å². The molecule has 1 aromatic rings. The average Bonchev–Trinajstić information content (AvgIpc) is 3.17. The van der Waals surface area contributed by atoms with Gasteiger partial charge in [-0.05, 0) is 38.3 Å². The Bertz CT molecular complexity index is 493. The van der Waals surface area contributed by atoms with Gasteiger partial charge in [0.1, 0.15) is 6.17 Å². The largest absolute Gasteiger partial charge is 0.318 e. The molecule has 3 nitrogen and oxygen atoms in total. The minimum Gasteiger partial charge on any atom is -0.318 e. The summed E-state index contributed by atoms with van der Waals surface area (Å²) in [5.41, 5.74) is 0. The number of unbranched alkanes of at least 4 members (excludes halogenated alkanes) is 1. The van der Waals surface area contributed by atoms with E-state index in [2.05, 4.69) is 36.2 Å². The number of thiophene rings is 1. The number of rotatable bonds is 5. The first-order valence-electron chi connectivity index (χ1n) is 8.35. The highest BCUT2D eigenvalue weighted by Gasteiger charge is 2.43. The third kappa shape index (κ3) is 3.02. The summed E-state index contributed by atoms with van der Waals surface area (Å²) in [6, 6.07) is 4.83. The van der Waals surface area contributed by atoms with Crippen LogP contribution >= 0.6 is 11.3 Å². The van der Waals surface area contributed by atoms with Crippen LogP contribution in [0.2, 0.25) is 0 Å². The predicted octanol–water partition coefficient (Wildman–Crippen LogP) is 3.99. The van der Waals surface area contributed by atoms with Gasteiger partial charge in [-0.2, -0.15) is 0 Å². The maximum absolute atomic E-state index is 12.9. The van der Waals surface area contributed by atoms with Gasteiger partial charge in [0.2, 0.25) is 5.91 Å². The lowest BCUT2D eigenvalue weighted by molar-refractivity contribution is -0.132. The molecule has 3 rings (SSSR count). The zero-order valence-electron chi connectivity index (χ0n) is 13.1. The number of carbonyl (C=O) groups excluding carboxylic acids is 1. The van der Waals surface area contributed by atoms with Gasteiger partial charge >= 0.3 is 0 Å². The lowest BCUT2D eigenvalue weighted by Gasteiger charge is -2.29. The smallest absolute Gasteiger partial charge is 0.241 e. The minimum absolute atomic E-state index is 0.0259. The first kappa shape index (κ1) is 15.0. The predicted molar refractivity (Wildman–Crippen MR) is 87.3 cm³/mol. The Morgan fingerprint density at radius 3 is 2.71 bits per heavy atom. The summed E-state index contributed by atoms with van der Waals surface area (Å²) in [6.45, 7) is 4.33. The number of hydrogen-bond donors (Lipinski definition) is 1. The van der Waals surface area contributed by atoms with Gasteiger partial charge in [0.05, 0.1) is 6.04 Å². The Kier molecular flexibility index (Phi) is 4.65. The van der Waals surface area contributed by atoms with E-state index in [1.54, 1.807) is 0 Å². The maximum atomic E-state index is 12.9. The fourth-order valence-electron chi connectivity index (χ4n) is 3.66. The minimum atomic E-state index is 0.0259. The van der Waals surface area contributed by atoms with Crippen LogP contribution < -0.4 is 5.32 Å². The van der Waals surface area contributed by atoms with Crippen molar-refractivity contribution in [3.63, 3.8) is 0 Å². The Hall–Kier alpha value is -0.870. The van der Waals surface area contributed by atoms with Crippen LogP contribution in [0.3, 0.4) is 0 Å². The van der Waals surface area contributed by atoms with E-state index in [0.717, 1.165) is 19.3 Å². The monoisotopic (exact) mass is 306 g/mol. The summed E-state index contributed by atoms with van der Waals surface area (Å²) >= 11 is 1.82. The van der Waals surface area contributed by atoms with Gasteiger partial charge in [-0.3, -0.25) is 10.1 Å². The third-order valence-electron chi connectivity index (χ3n) is 4.78. The van der Waals surface area contributed by atoms with E-state index in [1.807, 2.05) is 11.3 Å². The SMILES string of the molecule is CCCCC1NC(c2ccc(C)s2)N(C2CCCC2)C1=O. The summed E-state index contributed by atoms with van der Waals surface area (Å²) in [5.74, 6) is 0.339. The van der Waals surface area contributed by atoms with Crippen molar-refractivity contribution in [2.45, 2.75) is 77.0 Å². The van der Waals surface area contributed by atoms with E-state index in [0.29, 0.717) is 11.9 Å². The first-order valence-corrected chi connectivity index (χ1v) is 9.17. The van der Waals surface area contributed by atoms with Crippen molar-refractivity contribution >= 4 is 17.2 Å². The second kappa shape index (κ2) is 6.49. The molecule has 2 unspecified atom stereocenters. The highest BCUT2D eigenvalue weighted by molar-refractivity contribution is 7.12. The average molecular weight is 306 g/mol. The third-order valence-corrected chi connectivity index (χ3v) is 5.84. The summed E-state index contributed by atoms with van der Waals surface area (Å²) in [7, 11) is 0. The molecule has 4 heteroatoms. The van der Waals surface area contributed by atoms with Gasteiger partial charge in [-0.25, -0.2) is 0 Å². The Balaban J connectivity index is 1.82. The van der Waals surface area contributed by atoms with Crippen LogP contribution in [0, 0.1) is 6.92 Å². The van der Waals surface area contributed by atoms with E-state index < -0.39 is 0 Å². The molecule has 0 bridgehead atoms. The molecule has 1 aromatic heterocycles. The molecule has 1 aliphatic carbocycles. The Morgan fingerprint density at radius 1 is 1.33 bits per heavy atom. The highest BCUT2D eigenvalue weighted by atomic mass is 32.1. The number of nitrogens with zero attached hydrogens (tertiary/aromatic N) is 1. The molecule has 2 atom stereocenters. The van der Waals surface area contributed by atoms with Crippen LogP contribution in [-0.2, 0) is 4.79 Å². The molecule has 0 radical (unpaired) electrons. The van der Waals surface area contributed by atoms with Gasteiger partial charge in [-0.15, -0.1) is 11.3 Å². The van der Waals surface area contributed by atoms with Crippen molar-refractivity contribution in [2.24, 2.45) is 0 Å². The first-order chi connectivity index (χ1) is 10.2. The second-order valence-electron chi connectivity index (χ2n) is 6.40. The standard InChI is InChI=1S/C17H26N2OS/c1-3-4-9-14-17(20)19(13-7-5-6-8-13)16(18-14)15-11-10-12(2)21-15/h10-11,13-14,16,18H,3-9H2,1-2H3. The summed E-state index contributed by atoms with van der Waals surface area (Å²) in [4.78, 5) is 17.7. The molecule has 1 amide bonds. The van der Waals surface area contributed by atoms with Crippen molar-refractivity contribution < 1.29 is 4.79 Å².